The van der Waals surface area contributed by atoms with Crippen molar-refractivity contribution >= 4 is 34.4 Å². The Kier molecular flexibility index (Phi) is 7.17. The van der Waals surface area contributed by atoms with E-state index in [-0.39, 0.29) is 12.5 Å². The number of fused-ring (bicyclic) bond motifs is 4. The fourth-order valence-corrected chi connectivity index (χ4v) is 7.27. The molecular weight excluding hydrogens is 536 g/mol. The van der Waals surface area contributed by atoms with Crippen LogP contribution in [0.3, 0.4) is 0 Å². The molecule has 7 rings (SSSR count). The van der Waals surface area contributed by atoms with Crippen LogP contribution in [0, 0.1) is 0 Å². The molecule has 3 aromatic rings. The molecule has 4 aliphatic rings. The van der Waals surface area contributed by atoms with E-state index >= 15 is 0 Å². The maximum Gasteiger partial charge on any atom is 0.240 e. The highest BCUT2D eigenvalue weighted by molar-refractivity contribution is 5.90. The summed E-state index contributed by atoms with van der Waals surface area (Å²) < 4.78 is 0. The molecule has 7 heterocycles. The standard InChI is InChI=1S/C30H38N8O4/c1-17(40)24-12-19-14-31-30(35-27(19)28(33-24)38-20-3-4-21(38)6-5-20)34-26-7-2-18-15-37(9-8-23(18)32-26)29(42)25-13-22(41)16-36(25)10-11-39/h2,7,12,14,17,20-22,25,39-41H,3-6,8-11,13,15-16H2,1H3,(H,31,32,34,35)/t17-,20?,21?,22-,25-/m1/s1. The second-order valence-electron chi connectivity index (χ2n) is 12.1. The van der Waals surface area contributed by atoms with Gasteiger partial charge in [0.1, 0.15) is 11.3 Å². The van der Waals surface area contributed by atoms with E-state index in [2.05, 4.69) is 15.2 Å². The summed E-state index contributed by atoms with van der Waals surface area (Å²) in [6.45, 7) is 3.49. The summed E-state index contributed by atoms with van der Waals surface area (Å²) >= 11 is 0. The zero-order valence-electron chi connectivity index (χ0n) is 23.9. The number of hydrogen-bond acceptors (Lipinski definition) is 11. The first-order valence-corrected chi connectivity index (χ1v) is 15.1. The largest absolute Gasteiger partial charge is 0.395 e. The van der Waals surface area contributed by atoms with E-state index in [1.165, 1.54) is 0 Å². The summed E-state index contributed by atoms with van der Waals surface area (Å²) in [5.74, 6) is 1.89. The lowest BCUT2D eigenvalue weighted by atomic mass is 10.0. The molecule has 12 nitrogen and oxygen atoms in total. The van der Waals surface area contributed by atoms with Gasteiger partial charge in [0.2, 0.25) is 11.9 Å². The Labute approximate surface area is 244 Å². The quantitative estimate of drug-likeness (QED) is 0.326. The lowest BCUT2D eigenvalue weighted by Gasteiger charge is -2.33. The number of β-amino-alcohol motifs (C(OH)–C–C–N with tert-alkyl or cyclic N) is 2. The fourth-order valence-electron chi connectivity index (χ4n) is 7.27. The van der Waals surface area contributed by atoms with Gasteiger partial charge in [0, 0.05) is 62.0 Å². The number of nitrogens with zero attached hydrogens (tertiary/aromatic N) is 7. The van der Waals surface area contributed by atoms with E-state index < -0.39 is 18.2 Å². The van der Waals surface area contributed by atoms with Gasteiger partial charge < -0.3 is 30.4 Å². The Balaban J connectivity index is 1.11. The minimum atomic E-state index is -0.679. The first-order chi connectivity index (χ1) is 20.4. The van der Waals surface area contributed by atoms with Gasteiger partial charge in [-0.2, -0.15) is 0 Å². The smallest absolute Gasteiger partial charge is 0.240 e. The normalized spacial score (nSPS) is 26.2. The molecule has 3 atom stereocenters. The topological polar surface area (TPSA) is 151 Å². The number of aliphatic hydroxyl groups is 3. The van der Waals surface area contributed by atoms with Gasteiger partial charge in [-0.3, -0.25) is 9.69 Å². The summed E-state index contributed by atoms with van der Waals surface area (Å²) in [7, 11) is 0. The molecule has 4 N–H and O–H groups in total. The Hall–Kier alpha value is -3.45. The van der Waals surface area contributed by atoms with Gasteiger partial charge >= 0.3 is 0 Å². The van der Waals surface area contributed by atoms with Crippen molar-refractivity contribution in [3.8, 4) is 0 Å². The van der Waals surface area contributed by atoms with Gasteiger partial charge in [-0.25, -0.2) is 19.9 Å². The van der Waals surface area contributed by atoms with Crippen molar-refractivity contribution in [3.05, 3.63) is 41.3 Å². The maximum absolute atomic E-state index is 13.3. The Morgan fingerprint density at radius 1 is 1.14 bits per heavy atom. The molecule has 2 bridgehead atoms. The van der Waals surface area contributed by atoms with Crippen molar-refractivity contribution in [3.63, 3.8) is 0 Å². The van der Waals surface area contributed by atoms with Crippen molar-refractivity contribution < 1.29 is 20.1 Å². The molecule has 222 valence electrons. The molecule has 0 unspecified atom stereocenters. The molecule has 3 fully saturated rings. The van der Waals surface area contributed by atoms with E-state index in [1.807, 2.05) is 28.0 Å². The monoisotopic (exact) mass is 574 g/mol. The van der Waals surface area contributed by atoms with E-state index in [9.17, 15) is 20.1 Å². The van der Waals surface area contributed by atoms with E-state index in [0.29, 0.717) is 68.6 Å². The maximum atomic E-state index is 13.3. The Morgan fingerprint density at radius 3 is 2.67 bits per heavy atom. The van der Waals surface area contributed by atoms with Crippen molar-refractivity contribution in [2.75, 3.05) is 36.5 Å². The Bertz CT molecular complexity index is 1480. The molecule has 12 heteroatoms. The third-order valence-electron chi connectivity index (χ3n) is 9.35. The molecule has 3 saturated heterocycles. The summed E-state index contributed by atoms with van der Waals surface area (Å²) in [6.07, 6.45) is 6.21. The Morgan fingerprint density at radius 2 is 1.93 bits per heavy atom. The van der Waals surface area contributed by atoms with E-state index in [4.69, 9.17) is 15.0 Å². The number of carbonyl (C=O) groups is 1. The first kappa shape index (κ1) is 27.4. The highest BCUT2D eigenvalue weighted by atomic mass is 16.3. The van der Waals surface area contributed by atoms with Gasteiger partial charge in [-0.05, 0) is 56.7 Å². The van der Waals surface area contributed by atoms with Crippen LogP contribution in [0.15, 0.2) is 24.4 Å². The average Bonchev–Trinajstić information content (AvgIpc) is 3.70. The van der Waals surface area contributed by atoms with E-state index in [1.54, 1.807) is 13.1 Å². The van der Waals surface area contributed by atoms with E-state index in [0.717, 1.165) is 53.7 Å². The van der Waals surface area contributed by atoms with Gasteiger partial charge in [-0.15, -0.1) is 0 Å². The van der Waals surface area contributed by atoms with Gasteiger partial charge in [-0.1, -0.05) is 6.07 Å². The number of aromatic nitrogens is 4. The number of aliphatic hydroxyl groups excluding tert-OH is 3. The average molecular weight is 575 g/mol. The minimum absolute atomic E-state index is 0.00739. The number of likely N-dealkylation sites (tertiary alicyclic amines) is 1. The number of amides is 1. The van der Waals surface area contributed by atoms with Crippen LogP contribution in [0.2, 0.25) is 0 Å². The number of hydrogen-bond donors (Lipinski definition) is 4. The van der Waals surface area contributed by atoms with Crippen LogP contribution in [0.4, 0.5) is 17.6 Å². The van der Waals surface area contributed by atoms with Gasteiger partial charge in [0.05, 0.1) is 30.6 Å². The number of anilines is 3. The van der Waals surface area contributed by atoms with Crippen LogP contribution >= 0.6 is 0 Å². The predicted octanol–water partition coefficient (Wildman–Crippen LogP) is 1.66. The van der Waals surface area contributed by atoms with Crippen LogP contribution in [0.1, 0.15) is 62.1 Å². The fraction of sp³-hybridized carbons (Fsp3) is 0.567. The summed E-state index contributed by atoms with van der Waals surface area (Å²) in [5.41, 5.74) is 3.33. The molecule has 42 heavy (non-hydrogen) atoms. The van der Waals surface area contributed by atoms with Crippen LogP contribution in [0.5, 0.6) is 0 Å². The zero-order valence-corrected chi connectivity index (χ0v) is 23.9. The molecule has 0 saturated carbocycles. The highest BCUT2D eigenvalue weighted by Crippen LogP contribution is 2.42. The van der Waals surface area contributed by atoms with Crippen LogP contribution in [-0.4, -0.2) is 101 Å². The highest BCUT2D eigenvalue weighted by Gasteiger charge is 2.41. The molecule has 3 aromatic heterocycles. The van der Waals surface area contributed by atoms with Gasteiger partial charge in [0.15, 0.2) is 5.82 Å². The number of pyridine rings is 2. The minimum Gasteiger partial charge on any atom is -0.395 e. The molecule has 0 aromatic carbocycles. The molecule has 0 spiro atoms. The predicted molar refractivity (Wildman–Crippen MR) is 156 cm³/mol. The van der Waals surface area contributed by atoms with Crippen LogP contribution < -0.4 is 10.2 Å². The SMILES string of the molecule is C[C@@H](O)c1cc2cnc(Nc3ccc4c(n3)CCN(C(=O)[C@H]3C[C@@H](O)CN3CCO)C4)nc2c(N2C3CCC2CC3)n1. The molecule has 0 radical (unpaired) electrons. The zero-order chi connectivity index (χ0) is 29.0. The first-order valence-electron chi connectivity index (χ1n) is 15.1. The molecular formula is C30H38N8O4. The summed E-state index contributed by atoms with van der Waals surface area (Å²) in [5, 5.41) is 33.9. The number of rotatable bonds is 7. The summed E-state index contributed by atoms with van der Waals surface area (Å²) in [6, 6.07) is 6.26. The molecule has 1 amide bonds. The van der Waals surface area contributed by atoms with Crippen molar-refractivity contribution in [1.82, 2.24) is 29.7 Å². The summed E-state index contributed by atoms with van der Waals surface area (Å²) in [4.78, 5) is 38.6. The van der Waals surface area contributed by atoms with Crippen molar-refractivity contribution in [2.24, 2.45) is 0 Å². The van der Waals surface area contributed by atoms with Crippen molar-refractivity contribution in [1.29, 1.82) is 0 Å². The van der Waals surface area contributed by atoms with Crippen LogP contribution in [-0.2, 0) is 17.8 Å². The second-order valence-corrected chi connectivity index (χ2v) is 12.1. The lowest BCUT2D eigenvalue weighted by molar-refractivity contribution is -0.137. The number of nitrogens with one attached hydrogen (secondary N) is 1. The molecule has 0 aliphatic carbocycles. The lowest BCUT2D eigenvalue weighted by Crippen LogP contribution is -2.48. The van der Waals surface area contributed by atoms with Crippen LogP contribution in [0.25, 0.3) is 10.9 Å². The number of carbonyl (C=O) groups excluding carboxylic acids is 1. The third-order valence-corrected chi connectivity index (χ3v) is 9.35. The third kappa shape index (κ3) is 4.96. The van der Waals surface area contributed by atoms with Gasteiger partial charge in [0.25, 0.3) is 0 Å². The second kappa shape index (κ2) is 11.0. The van der Waals surface area contributed by atoms with Crippen molar-refractivity contribution in [2.45, 2.75) is 82.3 Å². The molecule has 4 aliphatic heterocycles.